The maximum atomic E-state index is 12.9. The zero-order chi connectivity index (χ0) is 38.9. The molecule has 0 N–H and O–H groups in total. The molecule has 0 aliphatic carbocycles. The molecule has 0 saturated carbocycles. The molecule has 1 aliphatic rings. The lowest BCUT2D eigenvalue weighted by Gasteiger charge is -2.20. The molecule has 12 nitrogen and oxygen atoms in total. The van der Waals surface area contributed by atoms with E-state index in [0.29, 0.717) is 22.9 Å². The van der Waals surface area contributed by atoms with Gasteiger partial charge in [0.25, 0.3) is 0 Å². The number of thiophene rings is 2. The highest BCUT2D eigenvalue weighted by Crippen LogP contribution is 2.32. The van der Waals surface area contributed by atoms with Gasteiger partial charge in [-0.1, -0.05) is 0 Å². The van der Waals surface area contributed by atoms with Crippen LogP contribution in [0.15, 0.2) is 60.9 Å². The predicted molar refractivity (Wildman–Crippen MR) is 219 cm³/mol. The lowest BCUT2D eigenvalue weighted by molar-refractivity contribution is 0.103. The molecule has 6 aromatic rings. The number of nitrogens with zero attached hydrogens (tertiary/aromatic N) is 6. The number of aromatic nitrogens is 4. The molecule has 0 bridgehead atoms. The molecule has 0 aromatic carbocycles. The van der Waals surface area contributed by atoms with Crippen LogP contribution in [0.2, 0.25) is 0 Å². The van der Waals surface area contributed by atoms with Gasteiger partial charge in [0.1, 0.15) is 9.66 Å². The Labute approximate surface area is 330 Å². The summed E-state index contributed by atoms with van der Waals surface area (Å²) in [7, 11) is 6.93. The first-order chi connectivity index (χ1) is 26.7. The average Bonchev–Trinajstić information content (AvgIpc) is 3.89. The standard InChI is InChI=1S/C21H25N3O3S.C20H25N3O3S/c1-15-12-17-13-18(20(25)16-4-5-19(26-2)22-14-16)28-21(17)24(15)8-7-23-6-3-10-27-11-9-23;1-14-11-16-12-17(19(24)15-5-6-18(26-4)21-13-15)27-20(16)23(14)8-7-22(2)9-10-25-3/h4-5,12-14H,3,6-11H2,1-2H3;5-6,11-13H,7-10H2,1-4H3. The minimum atomic E-state index is -0.00670. The topological polar surface area (TPSA) is 113 Å². The molecule has 0 atom stereocenters. The second-order valence-electron chi connectivity index (χ2n) is 13.6. The summed E-state index contributed by atoms with van der Waals surface area (Å²) < 4.78 is 25.4. The highest BCUT2D eigenvalue weighted by atomic mass is 32.1. The summed E-state index contributed by atoms with van der Waals surface area (Å²) in [5.74, 6) is 1.01. The highest BCUT2D eigenvalue weighted by Gasteiger charge is 2.19. The van der Waals surface area contributed by atoms with E-state index in [2.05, 4.69) is 61.9 Å². The van der Waals surface area contributed by atoms with Gasteiger partial charge in [-0.05, 0) is 63.7 Å². The Morgan fingerprint density at radius 1 is 0.745 bits per heavy atom. The van der Waals surface area contributed by atoms with Crippen LogP contribution in [0.5, 0.6) is 11.8 Å². The fraction of sp³-hybridized carbons (Fsp3) is 0.415. The molecule has 7 heterocycles. The van der Waals surface area contributed by atoms with E-state index in [9.17, 15) is 9.59 Å². The summed E-state index contributed by atoms with van der Waals surface area (Å²) in [6, 6.07) is 15.2. The maximum absolute atomic E-state index is 12.9. The van der Waals surface area contributed by atoms with Gasteiger partial charge < -0.3 is 33.0 Å². The van der Waals surface area contributed by atoms with Crippen molar-refractivity contribution in [1.82, 2.24) is 28.9 Å². The third-order valence-electron chi connectivity index (χ3n) is 9.75. The lowest BCUT2D eigenvalue weighted by atomic mass is 10.1. The predicted octanol–water partition coefficient (Wildman–Crippen LogP) is 6.59. The average molecular weight is 787 g/mol. The molecule has 6 aromatic heterocycles. The molecule has 0 spiro atoms. The van der Waals surface area contributed by atoms with Gasteiger partial charge >= 0.3 is 0 Å². The maximum Gasteiger partial charge on any atom is 0.212 e. The van der Waals surface area contributed by atoms with Crippen molar-refractivity contribution in [3.05, 3.63) is 93.2 Å². The highest BCUT2D eigenvalue weighted by molar-refractivity contribution is 7.21. The first-order valence-corrected chi connectivity index (χ1v) is 20.1. The Kier molecular flexibility index (Phi) is 13.9. The molecule has 1 saturated heterocycles. The smallest absolute Gasteiger partial charge is 0.212 e. The number of ketones is 2. The van der Waals surface area contributed by atoms with Crippen molar-refractivity contribution in [3.8, 4) is 11.8 Å². The number of pyridine rings is 2. The minimum absolute atomic E-state index is 0.00484. The van der Waals surface area contributed by atoms with Crippen LogP contribution in [-0.4, -0.2) is 121 Å². The summed E-state index contributed by atoms with van der Waals surface area (Å²) in [5.41, 5.74) is 3.60. The Morgan fingerprint density at radius 2 is 1.31 bits per heavy atom. The number of methoxy groups -OCH3 is 3. The van der Waals surface area contributed by atoms with Crippen molar-refractivity contribution in [2.45, 2.75) is 33.4 Å². The first kappa shape index (κ1) is 40.2. The molecule has 1 fully saturated rings. The quantitative estimate of drug-likeness (QED) is 0.106. The van der Waals surface area contributed by atoms with Crippen LogP contribution in [0.25, 0.3) is 20.4 Å². The monoisotopic (exact) mass is 786 g/mol. The van der Waals surface area contributed by atoms with E-state index in [1.807, 2.05) is 12.1 Å². The summed E-state index contributed by atoms with van der Waals surface area (Å²) >= 11 is 3.10. The van der Waals surface area contributed by atoms with Gasteiger partial charge in [0.05, 0.1) is 37.2 Å². The summed E-state index contributed by atoms with van der Waals surface area (Å²) in [5, 5.41) is 2.24. The summed E-state index contributed by atoms with van der Waals surface area (Å²) in [6.07, 6.45) is 4.23. The largest absolute Gasteiger partial charge is 0.481 e. The van der Waals surface area contributed by atoms with Crippen LogP contribution < -0.4 is 9.47 Å². The van der Waals surface area contributed by atoms with Gasteiger partial charge in [0, 0.05) is 117 Å². The molecule has 0 unspecified atom stereocenters. The molecule has 7 rings (SSSR count). The number of carbonyl (C=O) groups is 2. The van der Waals surface area contributed by atoms with Crippen molar-refractivity contribution in [2.24, 2.45) is 0 Å². The van der Waals surface area contributed by atoms with Crippen LogP contribution >= 0.6 is 22.7 Å². The van der Waals surface area contributed by atoms with Crippen molar-refractivity contribution in [1.29, 1.82) is 0 Å². The number of rotatable bonds is 15. The van der Waals surface area contributed by atoms with Crippen LogP contribution in [-0.2, 0) is 22.6 Å². The zero-order valence-corrected chi connectivity index (χ0v) is 34.1. The van der Waals surface area contributed by atoms with E-state index < -0.39 is 0 Å². The Bertz CT molecular complexity index is 2180. The van der Waals surface area contributed by atoms with Gasteiger partial charge in [-0.3, -0.25) is 14.5 Å². The molecule has 14 heteroatoms. The van der Waals surface area contributed by atoms with E-state index in [-0.39, 0.29) is 11.6 Å². The molecular formula is C41H50N6O6S2. The molecule has 0 radical (unpaired) electrons. The lowest BCUT2D eigenvalue weighted by Crippen LogP contribution is -2.30. The number of hydrogen-bond acceptors (Lipinski definition) is 12. The molecule has 55 heavy (non-hydrogen) atoms. The number of hydrogen-bond donors (Lipinski definition) is 0. The van der Waals surface area contributed by atoms with E-state index in [1.165, 1.54) is 22.7 Å². The third kappa shape index (κ3) is 9.87. The number of carbonyl (C=O) groups excluding carboxylic acids is 2. The van der Waals surface area contributed by atoms with Gasteiger partial charge in [0.2, 0.25) is 23.3 Å². The number of ether oxygens (including phenoxy) is 4. The second-order valence-corrected chi connectivity index (χ2v) is 15.6. The van der Waals surface area contributed by atoms with E-state index >= 15 is 0 Å². The Hall–Kier alpha value is -4.44. The molecular weight excluding hydrogens is 737 g/mol. The van der Waals surface area contributed by atoms with Gasteiger partial charge in [-0.15, -0.1) is 22.7 Å². The number of likely N-dealkylation sites (N-methyl/N-ethyl adjacent to an activating group) is 1. The second kappa shape index (κ2) is 18.9. The van der Waals surface area contributed by atoms with Crippen LogP contribution in [0, 0.1) is 13.8 Å². The molecule has 292 valence electrons. The van der Waals surface area contributed by atoms with Crippen LogP contribution in [0.1, 0.15) is 48.3 Å². The van der Waals surface area contributed by atoms with E-state index in [0.717, 1.165) is 102 Å². The summed E-state index contributed by atoms with van der Waals surface area (Å²) in [6.45, 7) is 13.3. The first-order valence-electron chi connectivity index (χ1n) is 18.5. The number of fused-ring (bicyclic) bond motifs is 2. The SMILES string of the molecule is COCCN(C)CCn1c(C)cc2cc(C(=O)c3ccc(OC)nc3)sc21.COc1ccc(C(=O)c2cc3cc(C)n(CCN4CCCOCC4)c3s2)cn1. The molecule has 0 amide bonds. The fourth-order valence-corrected chi connectivity index (χ4v) is 8.95. The summed E-state index contributed by atoms with van der Waals surface area (Å²) in [4.78, 5) is 42.4. The molecule has 1 aliphatic heterocycles. The normalized spacial score (nSPS) is 13.6. The Morgan fingerprint density at radius 3 is 1.82 bits per heavy atom. The van der Waals surface area contributed by atoms with Crippen LogP contribution in [0.3, 0.4) is 0 Å². The Balaban J connectivity index is 0.000000187. The van der Waals surface area contributed by atoms with Crippen molar-refractivity contribution in [2.75, 3.05) is 80.9 Å². The van der Waals surface area contributed by atoms with Crippen LogP contribution in [0.4, 0.5) is 0 Å². The minimum Gasteiger partial charge on any atom is -0.481 e. The third-order valence-corrected chi connectivity index (χ3v) is 12.1. The zero-order valence-electron chi connectivity index (χ0n) is 32.5. The van der Waals surface area contributed by atoms with Crippen molar-refractivity contribution >= 4 is 54.7 Å². The fourth-order valence-electron chi connectivity index (χ4n) is 6.57. The van der Waals surface area contributed by atoms with Gasteiger partial charge in [-0.25, -0.2) is 9.97 Å². The van der Waals surface area contributed by atoms with Gasteiger partial charge in [-0.2, -0.15) is 0 Å². The van der Waals surface area contributed by atoms with E-state index in [1.54, 1.807) is 69.3 Å². The number of aryl methyl sites for hydroxylation is 2. The van der Waals surface area contributed by atoms with Gasteiger partial charge in [0.15, 0.2) is 0 Å². The van der Waals surface area contributed by atoms with E-state index in [4.69, 9.17) is 18.9 Å². The van der Waals surface area contributed by atoms with Crippen molar-refractivity contribution < 1.29 is 28.5 Å². The van der Waals surface area contributed by atoms with Crippen molar-refractivity contribution in [3.63, 3.8) is 0 Å².